The average molecular weight is 407 g/mol. The highest BCUT2D eigenvalue weighted by molar-refractivity contribution is 4.99. The number of aliphatic hydroxyl groups is 6. The van der Waals surface area contributed by atoms with Gasteiger partial charge in [-0.3, -0.25) is 0 Å². The maximum atomic E-state index is 11.0. The highest BCUT2D eigenvalue weighted by atomic mass is 16.4. The van der Waals surface area contributed by atoms with Crippen molar-refractivity contribution >= 4 is 0 Å². The number of rotatable bonds is 19. The minimum absolute atomic E-state index is 0.0616. The number of unbranched alkanes of at least 4 members (excludes halogenated alkanes) is 10. The summed E-state index contributed by atoms with van der Waals surface area (Å²) >= 11 is 0. The molecule has 6 nitrogen and oxygen atoms in total. The average Bonchev–Trinajstić information content (AvgIpc) is 2.70. The molecule has 6 N–H and O–H groups in total. The van der Waals surface area contributed by atoms with Gasteiger partial charge in [-0.05, 0) is 12.8 Å². The number of hydrogen-bond donors (Lipinski definition) is 6. The molecule has 0 radical (unpaired) electrons. The highest BCUT2D eigenvalue weighted by Crippen LogP contribution is 2.29. The van der Waals surface area contributed by atoms with Gasteiger partial charge in [0.25, 0.3) is 0 Å². The lowest BCUT2D eigenvalue weighted by Crippen LogP contribution is -2.60. The molecule has 28 heavy (non-hydrogen) atoms. The van der Waals surface area contributed by atoms with Crippen molar-refractivity contribution in [3.05, 3.63) is 0 Å². The van der Waals surface area contributed by atoms with Crippen LogP contribution in [-0.4, -0.2) is 67.3 Å². The molecule has 0 aliphatic carbocycles. The molecule has 0 spiro atoms. The molecule has 0 fully saturated rings. The Hall–Kier alpha value is -0.240. The minimum Gasteiger partial charge on any atom is -0.394 e. The molecule has 5 atom stereocenters. The Morgan fingerprint density at radius 2 is 1.04 bits per heavy atom. The summed E-state index contributed by atoms with van der Waals surface area (Å²) in [6.07, 6.45) is 6.38. The first-order valence-electron chi connectivity index (χ1n) is 11.4. The molecule has 0 amide bonds. The first-order valence-corrected chi connectivity index (χ1v) is 11.4. The molecule has 0 rings (SSSR count). The number of aliphatic hydroxyl groups excluding tert-OH is 5. The first kappa shape index (κ1) is 27.8. The fourth-order valence-corrected chi connectivity index (χ4v) is 3.72. The lowest BCUT2D eigenvalue weighted by Gasteiger charge is -2.40. The summed E-state index contributed by atoms with van der Waals surface area (Å²) in [6.45, 7) is 3.56. The summed E-state index contributed by atoms with van der Waals surface area (Å²) in [5, 5.41) is 61.2. The fourth-order valence-electron chi connectivity index (χ4n) is 3.72. The Morgan fingerprint density at radius 1 is 0.607 bits per heavy atom. The van der Waals surface area contributed by atoms with Gasteiger partial charge in [0.2, 0.25) is 0 Å². The van der Waals surface area contributed by atoms with Crippen molar-refractivity contribution in [2.75, 3.05) is 6.61 Å². The molecule has 0 saturated heterocycles. The molecular formula is C22H46O6. The topological polar surface area (TPSA) is 121 Å². The van der Waals surface area contributed by atoms with E-state index < -0.39 is 36.6 Å². The summed E-state index contributed by atoms with van der Waals surface area (Å²) in [6, 6.07) is 0. The van der Waals surface area contributed by atoms with E-state index >= 15 is 0 Å². The second-order valence-electron chi connectivity index (χ2n) is 8.27. The van der Waals surface area contributed by atoms with Crippen molar-refractivity contribution in [3.8, 4) is 0 Å². The molecule has 0 aromatic carbocycles. The van der Waals surface area contributed by atoms with Crippen LogP contribution in [0.2, 0.25) is 0 Å². The Labute approximate surface area is 171 Å². The van der Waals surface area contributed by atoms with Crippen LogP contribution < -0.4 is 0 Å². The van der Waals surface area contributed by atoms with Gasteiger partial charge in [0, 0.05) is 0 Å². The minimum atomic E-state index is -2.05. The van der Waals surface area contributed by atoms with Crippen molar-refractivity contribution < 1.29 is 30.6 Å². The van der Waals surface area contributed by atoms with Gasteiger partial charge in [-0.25, -0.2) is 0 Å². The van der Waals surface area contributed by atoms with Crippen LogP contribution in [0.3, 0.4) is 0 Å². The summed E-state index contributed by atoms with van der Waals surface area (Å²) in [5.74, 6) is 0. The Kier molecular flexibility index (Phi) is 16.4. The van der Waals surface area contributed by atoms with E-state index in [9.17, 15) is 25.5 Å². The van der Waals surface area contributed by atoms with E-state index in [1.54, 1.807) is 0 Å². The van der Waals surface area contributed by atoms with Gasteiger partial charge in [-0.15, -0.1) is 0 Å². The van der Waals surface area contributed by atoms with Crippen molar-refractivity contribution in [1.29, 1.82) is 0 Å². The van der Waals surface area contributed by atoms with Gasteiger partial charge in [0.05, 0.1) is 12.7 Å². The van der Waals surface area contributed by atoms with Gasteiger partial charge in [0.15, 0.2) is 0 Å². The molecule has 0 aromatic rings. The van der Waals surface area contributed by atoms with Crippen LogP contribution in [0.5, 0.6) is 0 Å². The molecular weight excluding hydrogens is 360 g/mol. The van der Waals surface area contributed by atoms with Gasteiger partial charge >= 0.3 is 0 Å². The highest BCUT2D eigenvalue weighted by Gasteiger charge is 2.47. The predicted molar refractivity (Wildman–Crippen MR) is 112 cm³/mol. The van der Waals surface area contributed by atoms with Crippen LogP contribution in [0.15, 0.2) is 0 Å². The smallest absolute Gasteiger partial charge is 0.121 e. The maximum absolute atomic E-state index is 11.0. The quantitative estimate of drug-likeness (QED) is 0.183. The van der Waals surface area contributed by atoms with Crippen molar-refractivity contribution in [3.63, 3.8) is 0 Å². The Bertz CT molecular complexity index is 354. The summed E-state index contributed by atoms with van der Waals surface area (Å²) < 4.78 is 0. The van der Waals surface area contributed by atoms with Gasteiger partial charge in [-0.2, -0.15) is 0 Å². The molecule has 1 unspecified atom stereocenters. The summed E-state index contributed by atoms with van der Waals surface area (Å²) in [4.78, 5) is 0. The molecule has 0 aromatic heterocycles. The number of hydrogen-bond acceptors (Lipinski definition) is 6. The zero-order valence-electron chi connectivity index (χ0n) is 18.1. The molecule has 0 saturated carbocycles. The second kappa shape index (κ2) is 16.5. The van der Waals surface area contributed by atoms with E-state index in [1.165, 1.54) is 6.42 Å². The van der Waals surface area contributed by atoms with Crippen LogP contribution in [0.1, 0.15) is 104 Å². The molecule has 6 heteroatoms. The van der Waals surface area contributed by atoms with Gasteiger partial charge < -0.3 is 30.6 Å². The Morgan fingerprint density at radius 3 is 1.54 bits per heavy atom. The standard InChI is InChI=1S/C22H46O6/c1-3-5-7-9-11-13-15-18(24)20(26)22(28,21(27)19(25)17-23)16-14-12-10-8-6-4-2/h18-21,23-28H,3-17H2,1-2H3/t18?,19-,20-,21-,22-/m1/s1. The molecule has 0 aliphatic heterocycles. The van der Waals surface area contributed by atoms with E-state index in [4.69, 9.17) is 5.11 Å². The maximum Gasteiger partial charge on any atom is 0.121 e. The lowest BCUT2D eigenvalue weighted by molar-refractivity contribution is -0.208. The molecule has 0 aliphatic rings. The van der Waals surface area contributed by atoms with E-state index in [-0.39, 0.29) is 6.42 Å². The zero-order chi connectivity index (χ0) is 21.4. The third kappa shape index (κ3) is 10.5. The van der Waals surface area contributed by atoms with E-state index in [0.717, 1.165) is 64.2 Å². The van der Waals surface area contributed by atoms with Gasteiger partial charge in [-0.1, -0.05) is 90.9 Å². The van der Waals surface area contributed by atoms with Gasteiger partial charge in [0.1, 0.15) is 23.9 Å². The van der Waals surface area contributed by atoms with Crippen LogP contribution in [0.25, 0.3) is 0 Å². The summed E-state index contributed by atoms with van der Waals surface area (Å²) in [7, 11) is 0. The molecule has 0 bridgehead atoms. The van der Waals surface area contributed by atoms with E-state index in [0.29, 0.717) is 12.8 Å². The predicted octanol–water partition coefficient (Wildman–Crippen LogP) is 2.65. The summed E-state index contributed by atoms with van der Waals surface area (Å²) in [5.41, 5.74) is -2.05. The van der Waals surface area contributed by atoms with Crippen molar-refractivity contribution in [2.45, 2.75) is 134 Å². The van der Waals surface area contributed by atoms with E-state index in [2.05, 4.69) is 13.8 Å². The molecule has 170 valence electrons. The monoisotopic (exact) mass is 406 g/mol. The normalized spacial score (nSPS) is 18.4. The van der Waals surface area contributed by atoms with Crippen molar-refractivity contribution in [2.24, 2.45) is 0 Å². The van der Waals surface area contributed by atoms with Crippen LogP contribution in [0.4, 0.5) is 0 Å². The first-order chi connectivity index (χ1) is 13.3. The zero-order valence-corrected chi connectivity index (χ0v) is 18.1. The van der Waals surface area contributed by atoms with Crippen molar-refractivity contribution in [1.82, 2.24) is 0 Å². The molecule has 0 heterocycles. The Balaban J connectivity index is 4.69. The van der Waals surface area contributed by atoms with Crippen LogP contribution in [0, 0.1) is 0 Å². The third-order valence-corrected chi connectivity index (χ3v) is 5.72. The van der Waals surface area contributed by atoms with E-state index in [1.807, 2.05) is 0 Å². The third-order valence-electron chi connectivity index (χ3n) is 5.72. The van der Waals surface area contributed by atoms with Crippen LogP contribution >= 0.6 is 0 Å². The largest absolute Gasteiger partial charge is 0.394 e. The SMILES string of the molecule is CCCCCCCCC(O)[C@@H](O)[C@](O)(CCCCCCCC)[C@H](O)[C@H](O)CO. The lowest BCUT2D eigenvalue weighted by atomic mass is 9.79. The fraction of sp³-hybridized carbons (Fsp3) is 1.00. The van der Waals surface area contributed by atoms with Crippen LogP contribution in [-0.2, 0) is 0 Å². The second-order valence-corrected chi connectivity index (χ2v) is 8.27.